The molecule has 0 saturated heterocycles. The van der Waals surface area contributed by atoms with Gasteiger partial charge in [0, 0.05) is 0 Å². The van der Waals surface area contributed by atoms with Gasteiger partial charge in [-0.05, 0) is 34.5 Å². The Morgan fingerprint density at radius 2 is 1.86 bits per heavy atom. The predicted molar refractivity (Wildman–Crippen MR) is 85.5 cm³/mol. The van der Waals surface area contributed by atoms with E-state index in [9.17, 15) is 36.9 Å². The second-order valence-corrected chi connectivity index (χ2v) is 6.10. The normalized spacial score (nSPS) is 12.8. The van der Waals surface area contributed by atoms with Crippen molar-refractivity contribution < 1.29 is 26.3 Å². The third kappa shape index (κ3) is 3.42. The number of hydrogen-bond acceptors (Lipinski definition) is 5. The summed E-state index contributed by atoms with van der Waals surface area (Å²) >= 11 is 1.28. The van der Waals surface area contributed by atoms with E-state index in [0.29, 0.717) is 5.56 Å². The average molecular weight is 413 g/mol. The molecule has 5 nitrogen and oxygen atoms in total. The van der Waals surface area contributed by atoms with E-state index in [4.69, 9.17) is 0 Å². The van der Waals surface area contributed by atoms with Crippen molar-refractivity contribution in [2.24, 2.45) is 0 Å². The molecule has 0 atom stereocenters. The molecule has 142 valence electrons. The fourth-order valence-electron chi connectivity index (χ4n) is 2.33. The number of nitriles is 2. The summed E-state index contributed by atoms with van der Waals surface area (Å²) in [7, 11) is 0. The minimum atomic E-state index is -5.21. The maximum absolute atomic E-state index is 13.3. The van der Waals surface area contributed by atoms with Crippen LogP contribution in [0.3, 0.4) is 0 Å². The molecule has 0 aliphatic carbocycles. The number of thiophene rings is 1. The second-order valence-electron chi connectivity index (χ2n) is 5.32. The van der Waals surface area contributed by atoms with Crippen molar-refractivity contribution in [1.82, 2.24) is 14.6 Å². The van der Waals surface area contributed by atoms with Crippen LogP contribution in [-0.4, -0.2) is 14.6 Å². The Morgan fingerprint density at radius 3 is 2.36 bits per heavy atom. The van der Waals surface area contributed by atoms with Gasteiger partial charge in [0.05, 0.1) is 5.57 Å². The molecule has 0 spiro atoms. The Balaban J connectivity index is 2.39. The first-order chi connectivity index (χ1) is 13.1. The van der Waals surface area contributed by atoms with Crippen molar-refractivity contribution in [3.63, 3.8) is 0 Å². The molecule has 0 radical (unpaired) electrons. The van der Waals surface area contributed by atoms with E-state index in [0.717, 1.165) is 0 Å². The Hall–Kier alpha value is -3.38. The van der Waals surface area contributed by atoms with Crippen molar-refractivity contribution in [1.29, 1.82) is 10.5 Å². The lowest BCUT2D eigenvalue weighted by atomic mass is 10.1. The van der Waals surface area contributed by atoms with Crippen molar-refractivity contribution in [2.45, 2.75) is 12.4 Å². The van der Waals surface area contributed by atoms with Crippen molar-refractivity contribution in [2.75, 3.05) is 0 Å². The van der Waals surface area contributed by atoms with E-state index < -0.39 is 40.6 Å². The van der Waals surface area contributed by atoms with Gasteiger partial charge in [0.25, 0.3) is 0 Å². The van der Waals surface area contributed by atoms with Crippen LogP contribution in [0.2, 0.25) is 0 Å². The molecular weight excluding hydrogens is 408 g/mol. The molecular formula is C16H5F6N5S. The standard InChI is InChI=1S/C16H5F6N5S/c17-15(18,19)11-4-12(16(20,21)22)27-14(25-11)10(6-24)13(26-27)9(5-23)3-8-1-2-28-7-8/h1-4,7H/b9-3+. The first kappa shape index (κ1) is 19.4. The van der Waals surface area contributed by atoms with Gasteiger partial charge in [-0.2, -0.15) is 53.3 Å². The van der Waals surface area contributed by atoms with Gasteiger partial charge in [-0.15, -0.1) is 0 Å². The summed E-state index contributed by atoms with van der Waals surface area (Å²) in [5.74, 6) is 0. The highest BCUT2D eigenvalue weighted by molar-refractivity contribution is 7.08. The highest BCUT2D eigenvalue weighted by Crippen LogP contribution is 2.36. The van der Waals surface area contributed by atoms with Gasteiger partial charge < -0.3 is 0 Å². The van der Waals surface area contributed by atoms with Crippen LogP contribution >= 0.6 is 11.3 Å². The SMILES string of the molecule is N#C/C(=C\c1ccsc1)c1nn2c(C(F)(F)F)cc(C(F)(F)F)nc2c1C#N. The van der Waals surface area contributed by atoms with E-state index in [2.05, 4.69) is 10.1 Å². The van der Waals surface area contributed by atoms with Gasteiger partial charge in [-0.3, -0.25) is 0 Å². The van der Waals surface area contributed by atoms with E-state index >= 15 is 0 Å². The summed E-state index contributed by atoms with van der Waals surface area (Å²) in [4.78, 5) is 3.14. The predicted octanol–water partition coefficient (Wildman–Crippen LogP) is 4.76. The fraction of sp³-hybridized carbons (Fsp3) is 0.125. The third-order valence-corrected chi connectivity index (χ3v) is 4.21. The Labute approximate surface area is 156 Å². The fourth-order valence-corrected chi connectivity index (χ4v) is 2.95. The molecule has 0 aromatic carbocycles. The van der Waals surface area contributed by atoms with Gasteiger partial charge >= 0.3 is 12.4 Å². The number of rotatable bonds is 2. The quantitative estimate of drug-likeness (QED) is 0.448. The van der Waals surface area contributed by atoms with Crippen LogP contribution in [0.5, 0.6) is 0 Å². The maximum atomic E-state index is 13.3. The summed E-state index contributed by atoms with van der Waals surface area (Å²) in [6, 6.07) is 4.61. The molecule has 0 N–H and O–H groups in total. The highest BCUT2D eigenvalue weighted by atomic mass is 32.1. The number of halogens is 6. The Morgan fingerprint density at radius 1 is 1.14 bits per heavy atom. The number of hydrogen-bond donors (Lipinski definition) is 0. The summed E-state index contributed by atoms with van der Waals surface area (Å²) in [5.41, 5.74) is -5.46. The Kier molecular flexibility index (Phi) is 4.61. The Bertz CT molecular complexity index is 1160. The van der Waals surface area contributed by atoms with Crippen LogP contribution in [0.25, 0.3) is 17.3 Å². The minimum Gasteiger partial charge on any atom is -0.223 e. The molecule has 3 rings (SSSR count). The molecule has 0 amide bonds. The number of fused-ring (bicyclic) bond motifs is 1. The first-order valence-electron chi connectivity index (χ1n) is 7.19. The molecule has 0 aliphatic heterocycles. The van der Waals surface area contributed by atoms with Gasteiger partial charge in [-0.1, -0.05) is 0 Å². The van der Waals surface area contributed by atoms with Crippen LogP contribution in [0.4, 0.5) is 26.3 Å². The van der Waals surface area contributed by atoms with Crippen LogP contribution in [0, 0.1) is 22.7 Å². The molecule has 0 unspecified atom stereocenters. The van der Waals surface area contributed by atoms with Crippen molar-refractivity contribution in [3.8, 4) is 12.1 Å². The van der Waals surface area contributed by atoms with E-state index in [-0.39, 0.29) is 16.2 Å². The van der Waals surface area contributed by atoms with E-state index in [1.165, 1.54) is 23.5 Å². The zero-order valence-corrected chi connectivity index (χ0v) is 14.1. The molecule has 0 fully saturated rings. The van der Waals surface area contributed by atoms with Gasteiger partial charge in [0.15, 0.2) is 11.3 Å². The molecule has 3 heterocycles. The van der Waals surface area contributed by atoms with E-state index in [1.807, 2.05) is 0 Å². The zero-order chi connectivity index (χ0) is 20.7. The lowest BCUT2D eigenvalue weighted by Gasteiger charge is -2.12. The molecule has 12 heteroatoms. The van der Waals surface area contributed by atoms with Gasteiger partial charge in [0.2, 0.25) is 0 Å². The topological polar surface area (TPSA) is 77.8 Å². The largest absolute Gasteiger partial charge is 0.433 e. The first-order valence-corrected chi connectivity index (χ1v) is 8.13. The smallest absolute Gasteiger partial charge is 0.223 e. The molecule has 3 aromatic rings. The summed E-state index contributed by atoms with van der Waals surface area (Å²) in [6.45, 7) is 0. The number of alkyl halides is 6. The monoisotopic (exact) mass is 413 g/mol. The molecule has 28 heavy (non-hydrogen) atoms. The van der Waals surface area contributed by atoms with Gasteiger partial charge in [0.1, 0.15) is 29.1 Å². The van der Waals surface area contributed by atoms with Crippen molar-refractivity contribution >= 4 is 28.6 Å². The number of aromatic nitrogens is 3. The summed E-state index contributed by atoms with van der Waals surface area (Å²) < 4.78 is 79.0. The lowest BCUT2D eigenvalue weighted by Crippen LogP contribution is -2.18. The highest BCUT2D eigenvalue weighted by Gasteiger charge is 2.41. The summed E-state index contributed by atoms with van der Waals surface area (Å²) in [5, 5.41) is 25.5. The van der Waals surface area contributed by atoms with Gasteiger partial charge in [-0.25, -0.2) is 9.50 Å². The molecule has 0 aliphatic rings. The summed E-state index contributed by atoms with van der Waals surface area (Å²) in [6.07, 6.45) is -9.12. The number of allylic oxidation sites excluding steroid dienone is 1. The van der Waals surface area contributed by atoms with Crippen molar-refractivity contribution in [3.05, 3.63) is 51.1 Å². The lowest BCUT2D eigenvalue weighted by molar-refractivity contribution is -0.148. The molecule has 3 aromatic heterocycles. The van der Waals surface area contributed by atoms with Crippen LogP contribution in [-0.2, 0) is 12.4 Å². The second kappa shape index (κ2) is 6.65. The van der Waals surface area contributed by atoms with E-state index in [1.54, 1.807) is 22.9 Å². The zero-order valence-electron chi connectivity index (χ0n) is 13.3. The average Bonchev–Trinajstić information content (AvgIpc) is 3.23. The number of nitrogens with zero attached hydrogens (tertiary/aromatic N) is 5. The maximum Gasteiger partial charge on any atom is 0.433 e. The molecule has 0 saturated carbocycles. The third-order valence-electron chi connectivity index (χ3n) is 3.51. The minimum absolute atomic E-state index is 0.0991. The van der Waals surface area contributed by atoms with Crippen LogP contribution in [0.15, 0.2) is 22.9 Å². The van der Waals surface area contributed by atoms with Crippen LogP contribution < -0.4 is 0 Å². The molecule has 0 bridgehead atoms. The van der Waals surface area contributed by atoms with Crippen LogP contribution in [0.1, 0.15) is 28.2 Å².